The van der Waals surface area contributed by atoms with E-state index in [1.165, 1.54) is 0 Å². The van der Waals surface area contributed by atoms with Crippen LogP contribution in [0.5, 0.6) is 5.75 Å². The standard InChI is InChI=1S/C29H22O4/c30-27(33-26-18-10-9-17-25(26)29(32)23-14-5-2-6-15-23)20-19-21-11-7-8-16-24(21)28(31)22-12-3-1-4-13-22/h1-18H,19-20H2. The highest BCUT2D eigenvalue weighted by Crippen LogP contribution is 2.23. The maximum Gasteiger partial charge on any atom is 0.311 e. The molecule has 0 aliphatic heterocycles. The Labute approximate surface area is 192 Å². The quantitative estimate of drug-likeness (QED) is 0.203. The number of ketones is 2. The molecule has 0 amide bonds. The van der Waals surface area contributed by atoms with Crippen molar-refractivity contribution in [1.29, 1.82) is 0 Å². The monoisotopic (exact) mass is 434 g/mol. The van der Waals surface area contributed by atoms with Crippen molar-refractivity contribution in [2.45, 2.75) is 12.8 Å². The highest BCUT2D eigenvalue weighted by molar-refractivity contribution is 6.11. The molecule has 162 valence electrons. The lowest BCUT2D eigenvalue weighted by Crippen LogP contribution is -2.13. The normalized spacial score (nSPS) is 10.4. The van der Waals surface area contributed by atoms with Crippen LogP contribution in [0.1, 0.15) is 43.8 Å². The highest BCUT2D eigenvalue weighted by atomic mass is 16.5. The van der Waals surface area contributed by atoms with E-state index < -0.39 is 5.97 Å². The Balaban J connectivity index is 1.47. The second kappa shape index (κ2) is 10.3. The zero-order chi connectivity index (χ0) is 23.0. The molecule has 33 heavy (non-hydrogen) atoms. The third-order valence-corrected chi connectivity index (χ3v) is 5.29. The number of rotatable bonds is 8. The molecule has 0 bridgehead atoms. The summed E-state index contributed by atoms with van der Waals surface area (Å²) in [6.07, 6.45) is 0.426. The molecule has 0 saturated carbocycles. The zero-order valence-electron chi connectivity index (χ0n) is 17.9. The molecule has 0 N–H and O–H groups in total. The summed E-state index contributed by atoms with van der Waals surface area (Å²) in [5.74, 6) is -0.536. The van der Waals surface area contributed by atoms with Crippen LogP contribution in [-0.4, -0.2) is 17.5 Å². The number of para-hydroxylation sites is 1. The minimum Gasteiger partial charge on any atom is -0.426 e. The van der Waals surface area contributed by atoms with Crippen molar-refractivity contribution in [3.8, 4) is 5.75 Å². The fourth-order valence-corrected chi connectivity index (χ4v) is 3.60. The van der Waals surface area contributed by atoms with E-state index >= 15 is 0 Å². The number of carbonyl (C=O) groups is 3. The van der Waals surface area contributed by atoms with Gasteiger partial charge in [0.15, 0.2) is 11.6 Å². The van der Waals surface area contributed by atoms with Crippen LogP contribution in [0.2, 0.25) is 0 Å². The molecule has 0 unspecified atom stereocenters. The third-order valence-electron chi connectivity index (χ3n) is 5.29. The van der Waals surface area contributed by atoms with Crippen LogP contribution in [-0.2, 0) is 11.2 Å². The first-order valence-corrected chi connectivity index (χ1v) is 10.7. The molecular formula is C29H22O4. The van der Waals surface area contributed by atoms with E-state index in [2.05, 4.69) is 0 Å². The summed E-state index contributed by atoms with van der Waals surface area (Å²) in [5.41, 5.74) is 2.79. The molecule has 0 saturated heterocycles. The van der Waals surface area contributed by atoms with Gasteiger partial charge in [0.2, 0.25) is 0 Å². The number of hydrogen-bond acceptors (Lipinski definition) is 4. The van der Waals surface area contributed by atoms with Crippen molar-refractivity contribution in [2.24, 2.45) is 0 Å². The Morgan fingerprint density at radius 2 is 1.03 bits per heavy atom. The molecular weight excluding hydrogens is 412 g/mol. The predicted octanol–water partition coefficient (Wildman–Crippen LogP) is 5.69. The van der Waals surface area contributed by atoms with Crippen molar-refractivity contribution in [3.63, 3.8) is 0 Å². The van der Waals surface area contributed by atoms with Gasteiger partial charge in [0.1, 0.15) is 5.75 Å². The fourth-order valence-electron chi connectivity index (χ4n) is 3.60. The average molecular weight is 434 g/mol. The molecule has 0 aliphatic rings. The minimum absolute atomic E-state index is 0.0763. The summed E-state index contributed by atoms with van der Waals surface area (Å²) >= 11 is 0. The topological polar surface area (TPSA) is 60.4 Å². The van der Waals surface area contributed by atoms with Gasteiger partial charge in [-0.25, -0.2) is 0 Å². The summed E-state index contributed by atoms with van der Waals surface area (Å²) in [6, 6.07) is 31.9. The van der Waals surface area contributed by atoms with Gasteiger partial charge in [-0.2, -0.15) is 0 Å². The van der Waals surface area contributed by atoms with Crippen LogP contribution >= 0.6 is 0 Å². The Hall–Kier alpha value is -4.31. The van der Waals surface area contributed by atoms with Crippen molar-refractivity contribution < 1.29 is 19.1 Å². The lowest BCUT2D eigenvalue weighted by atomic mass is 9.96. The predicted molar refractivity (Wildman–Crippen MR) is 127 cm³/mol. The Morgan fingerprint density at radius 3 is 1.67 bits per heavy atom. The van der Waals surface area contributed by atoms with E-state index in [0.717, 1.165) is 5.56 Å². The van der Waals surface area contributed by atoms with Gasteiger partial charge >= 0.3 is 5.97 Å². The second-order valence-corrected chi connectivity index (χ2v) is 7.52. The van der Waals surface area contributed by atoms with E-state index in [1.54, 1.807) is 66.7 Å². The van der Waals surface area contributed by atoms with Gasteiger partial charge in [-0.3, -0.25) is 14.4 Å². The molecule has 4 heteroatoms. The molecule has 0 radical (unpaired) electrons. The first-order chi connectivity index (χ1) is 16.1. The van der Waals surface area contributed by atoms with Gasteiger partial charge in [-0.15, -0.1) is 0 Å². The largest absolute Gasteiger partial charge is 0.426 e. The number of esters is 1. The highest BCUT2D eigenvalue weighted by Gasteiger charge is 2.18. The van der Waals surface area contributed by atoms with Gasteiger partial charge < -0.3 is 4.74 Å². The van der Waals surface area contributed by atoms with Gasteiger partial charge in [0, 0.05) is 16.7 Å². The van der Waals surface area contributed by atoms with Gasteiger partial charge in [-0.1, -0.05) is 97.1 Å². The maximum absolute atomic E-state index is 12.9. The minimum atomic E-state index is -0.467. The summed E-state index contributed by atoms with van der Waals surface area (Å²) in [7, 11) is 0. The molecule has 4 aromatic carbocycles. The van der Waals surface area contributed by atoms with Crippen molar-refractivity contribution in [2.75, 3.05) is 0 Å². The first-order valence-electron chi connectivity index (χ1n) is 10.7. The molecule has 0 heterocycles. The van der Waals surface area contributed by atoms with Crippen molar-refractivity contribution >= 4 is 17.5 Å². The van der Waals surface area contributed by atoms with Crippen molar-refractivity contribution in [1.82, 2.24) is 0 Å². The zero-order valence-corrected chi connectivity index (χ0v) is 17.9. The average Bonchev–Trinajstić information content (AvgIpc) is 2.88. The summed E-state index contributed by atoms with van der Waals surface area (Å²) < 4.78 is 5.55. The number of benzene rings is 4. The van der Waals surface area contributed by atoms with Crippen LogP contribution in [0.25, 0.3) is 0 Å². The van der Waals surface area contributed by atoms with Gasteiger partial charge in [0.25, 0.3) is 0 Å². The SMILES string of the molecule is O=C(CCc1ccccc1C(=O)c1ccccc1)Oc1ccccc1C(=O)c1ccccc1. The number of aryl methyl sites for hydroxylation is 1. The summed E-state index contributed by atoms with van der Waals surface area (Å²) in [5, 5.41) is 0. The molecule has 0 aromatic heterocycles. The van der Waals surface area contributed by atoms with E-state index in [0.29, 0.717) is 28.7 Å². The fraction of sp³-hybridized carbons (Fsp3) is 0.0690. The maximum atomic E-state index is 12.9. The number of ether oxygens (including phenoxy) is 1. The smallest absolute Gasteiger partial charge is 0.311 e. The molecule has 0 aliphatic carbocycles. The van der Waals surface area contributed by atoms with Crippen LogP contribution in [0.15, 0.2) is 109 Å². The molecule has 0 fully saturated rings. The van der Waals surface area contributed by atoms with Crippen LogP contribution < -0.4 is 4.74 Å². The summed E-state index contributed by atoms with van der Waals surface area (Å²) in [6.45, 7) is 0. The van der Waals surface area contributed by atoms with E-state index in [1.807, 2.05) is 42.5 Å². The van der Waals surface area contributed by atoms with Crippen LogP contribution in [0, 0.1) is 0 Å². The molecule has 4 aromatic rings. The molecule has 4 rings (SSSR count). The van der Waals surface area contributed by atoms with E-state index in [-0.39, 0.29) is 23.7 Å². The second-order valence-electron chi connectivity index (χ2n) is 7.52. The summed E-state index contributed by atoms with van der Waals surface area (Å²) in [4.78, 5) is 38.4. The van der Waals surface area contributed by atoms with Crippen LogP contribution in [0.3, 0.4) is 0 Å². The lowest BCUT2D eigenvalue weighted by molar-refractivity contribution is -0.134. The van der Waals surface area contributed by atoms with E-state index in [9.17, 15) is 14.4 Å². The third kappa shape index (κ3) is 5.31. The first kappa shape index (κ1) is 21.9. The molecule has 4 nitrogen and oxygen atoms in total. The van der Waals surface area contributed by atoms with E-state index in [4.69, 9.17) is 4.74 Å². The number of hydrogen-bond donors (Lipinski definition) is 0. The molecule has 0 atom stereocenters. The number of carbonyl (C=O) groups excluding carboxylic acids is 3. The van der Waals surface area contributed by atoms with Gasteiger partial charge in [0.05, 0.1) is 12.0 Å². The van der Waals surface area contributed by atoms with Gasteiger partial charge in [-0.05, 0) is 24.1 Å². The Kier molecular flexibility index (Phi) is 6.86. The van der Waals surface area contributed by atoms with Crippen molar-refractivity contribution in [3.05, 3.63) is 137 Å². The Bertz CT molecular complexity index is 1280. The molecule has 0 spiro atoms. The van der Waals surface area contributed by atoms with Crippen LogP contribution in [0.4, 0.5) is 0 Å². The lowest BCUT2D eigenvalue weighted by Gasteiger charge is -2.11. The Morgan fingerprint density at radius 1 is 0.545 bits per heavy atom.